The van der Waals surface area contributed by atoms with Crippen LogP contribution in [0.2, 0.25) is 0 Å². The average molecular weight is 341 g/mol. The van der Waals surface area contributed by atoms with Crippen molar-refractivity contribution >= 4 is 11.7 Å². The van der Waals surface area contributed by atoms with Crippen molar-refractivity contribution in [2.24, 2.45) is 5.92 Å². The van der Waals surface area contributed by atoms with Crippen molar-refractivity contribution in [2.75, 3.05) is 13.7 Å². The van der Waals surface area contributed by atoms with Gasteiger partial charge in [0.2, 0.25) is 0 Å². The van der Waals surface area contributed by atoms with Gasteiger partial charge >= 0.3 is 0 Å². The van der Waals surface area contributed by atoms with Crippen molar-refractivity contribution in [3.05, 3.63) is 41.2 Å². The number of Topliss-reactive ketones (excluding diaryl/α,β-unsaturated/α-hetero) is 1. The first kappa shape index (κ1) is 16.2. The Labute approximate surface area is 147 Å². The Balaban J connectivity index is 1.75. The summed E-state index contributed by atoms with van der Waals surface area (Å²) in [5.74, 6) is 0.802. The summed E-state index contributed by atoms with van der Waals surface area (Å²) in [6.45, 7) is 2.50. The van der Waals surface area contributed by atoms with E-state index in [4.69, 9.17) is 9.47 Å². The van der Waals surface area contributed by atoms with Crippen LogP contribution in [-0.2, 0) is 14.3 Å². The number of nitrogens with zero attached hydrogens (tertiary/aromatic N) is 1. The van der Waals surface area contributed by atoms with Gasteiger partial charge in [-0.3, -0.25) is 9.59 Å². The zero-order valence-electron chi connectivity index (χ0n) is 14.7. The van der Waals surface area contributed by atoms with Gasteiger partial charge in [0.1, 0.15) is 11.9 Å². The SMILES string of the molecule is CCOc1cccc(C2C3=C(OC4CCCCC4C3=O)C(=O)N2C)c1. The van der Waals surface area contributed by atoms with Crippen molar-refractivity contribution in [1.29, 1.82) is 0 Å². The number of carbonyl (C=O) groups is 2. The predicted octanol–water partition coefficient (Wildman–Crippen LogP) is 3.01. The second-order valence-corrected chi connectivity index (χ2v) is 6.98. The Bertz CT molecular complexity index is 754. The number of ether oxygens (including phenoxy) is 2. The van der Waals surface area contributed by atoms with Crippen LogP contribution in [0.25, 0.3) is 0 Å². The van der Waals surface area contributed by atoms with Gasteiger partial charge in [-0.15, -0.1) is 0 Å². The fourth-order valence-corrected chi connectivity index (χ4v) is 4.29. The molecule has 2 heterocycles. The first-order chi connectivity index (χ1) is 12.1. The summed E-state index contributed by atoms with van der Waals surface area (Å²) in [7, 11) is 1.74. The summed E-state index contributed by atoms with van der Waals surface area (Å²) in [5.41, 5.74) is 1.42. The number of ketones is 1. The van der Waals surface area contributed by atoms with E-state index in [2.05, 4.69) is 0 Å². The molecule has 1 fully saturated rings. The van der Waals surface area contributed by atoms with E-state index in [1.54, 1.807) is 11.9 Å². The van der Waals surface area contributed by atoms with Gasteiger partial charge in [0.25, 0.3) is 5.91 Å². The molecule has 1 aromatic rings. The zero-order valence-corrected chi connectivity index (χ0v) is 14.7. The lowest BCUT2D eigenvalue weighted by Crippen LogP contribution is -2.39. The Morgan fingerprint density at radius 1 is 1.24 bits per heavy atom. The number of fused-ring (bicyclic) bond motifs is 1. The fraction of sp³-hybridized carbons (Fsp3) is 0.500. The number of hydrogen-bond acceptors (Lipinski definition) is 4. The topological polar surface area (TPSA) is 55.8 Å². The molecule has 3 unspecified atom stereocenters. The Hall–Kier alpha value is -2.30. The molecule has 25 heavy (non-hydrogen) atoms. The molecule has 132 valence electrons. The third-order valence-electron chi connectivity index (χ3n) is 5.48. The van der Waals surface area contributed by atoms with Crippen molar-refractivity contribution < 1.29 is 19.1 Å². The number of rotatable bonds is 3. The Kier molecular flexibility index (Phi) is 4.02. The maximum atomic E-state index is 13.2. The highest BCUT2D eigenvalue weighted by atomic mass is 16.5. The summed E-state index contributed by atoms with van der Waals surface area (Å²) in [6.07, 6.45) is 3.68. The highest BCUT2D eigenvalue weighted by Gasteiger charge is 2.50. The molecule has 0 N–H and O–H groups in total. The van der Waals surface area contributed by atoms with E-state index in [1.165, 1.54) is 0 Å². The largest absolute Gasteiger partial charge is 0.494 e. The van der Waals surface area contributed by atoms with Crippen molar-refractivity contribution in [2.45, 2.75) is 44.8 Å². The van der Waals surface area contributed by atoms with Gasteiger partial charge in [-0.1, -0.05) is 18.6 Å². The number of benzene rings is 1. The number of likely N-dealkylation sites (N-methyl/N-ethyl adjacent to an activating group) is 1. The van der Waals surface area contributed by atoms with Crippen LogP contribution in [0.15, 0.2) is 35.6 Å². The van der Waals surface area contributed by atoms with E-state index in [1.807, 2.05) is 31.2 Å². The molecule has 0 radical (unpaired) electrons. The zero-order chi connectivity index (χ0) is 17.6. The predicted molar refractivity (Wildman–Crippen MR) is 92.0 cm³/mol. The normalized spacial score (nSPS) is 28.6. The molecule has 1 aromatic carbocycles. The van der Waals surface area contributed by atoms with Crippen molar-refractivity contribution in [3.8, 4) is 5.75 Å². The quantitative estimate of drug-likeness (QED) is 0.848. The molecule has 2 aliphatic heterocycles. The second kappa shape index (κ2) is 6.21. The highest BCUT2D eigenvalue weighted by Crippen LogP contribution is 2.46. The smallest absolute Gasteiger partial charge is 0.289 e. The van der Waals surface area contributed by atoms with E-state index in [0.29, 0.717) is 12.2 Å². The van der Waals surface area contributed by atoms with Gasteiger partial charge in [-0.25, -0.2) is 0 Å². The minimum Gasteiger partial charge on any atom is -0.494 e. The molecule has 1 amide bonds. The van der Waals surface area contributed by atoms with E-state index in [9.17, 15) is 9.59 Å². The second-order valence-electron chi connectivity index (χ2n) is 6.98. The molecular weight excluding hydrogens is 318 g/mol. The molecule has 3 atom stereocenters. The van der Waals surface area contributed by atoms with Crippen molar-refractivity contribution in [1.82, 2.24) is 4.90 Å². The van der Waals surface area contributed by atoms with Crippen molar-refractivity contribution in [3.63, 3.8) is 0 Å². The van der Waals surface area contributed by atoms with Gasteiger partial charge in [-0.05, 0) is 43.9 Å². The Morgan fingerprint density at radius 2 is 2.04 bits per heavy atom. The van der Waals surface area contributed by atoms with Crippen LogP contribution in [0, 0.1) is 5.92 Å². The lowest BCUT2D eigenvalue weighted by atomic mass is 9.77. The van der Waals surface area contributed by atoms with Gasteiger partial charge in [0.05, 0.1) is 24.1 Å². The molecule has 4 rings (SSSR count). The van der Waals surface area contributed by atoms with Crippen LogP contribution in [0.4, 0.5) is 0 Å². The molecular formula is C20H23NO4. The van der Waals surface area contributed by atoms with Crippen LogP contribution >= 0.6 is 0 Å². The monoisotopic (exact) mass is 341 g/mol. The first-order valence-electron chi connectivity index (χ1n) is 9.06. The summed E-state index contributed by atoms with van der Waals surface area (Å²) in [6, 6.07) is 7.24. The standard InChI is InChI=1S/C20H23NO4/c1-3-24-13-8-6-7-12(11-13)17-16-18(22)14-9-4-5-10-15(14)25-19(16)20(23)21(17)2/h6-8,11,14-15,17H,3-5,9-10H2,1-2H3. The average Bonchev–Trinajstić information content (AvgIpc) is 2.88. The number of carbonyl (C=O) groups excluding carboxylic acids is 2. The van der Waals surface area contributed by atoms with Crippen LogP contribution in [-0.4, -0.2) is 36.3 Å². The summed E-state index contributed by atoms with van der Waals surface area (Å²) in [4.78, 5) is 27.5. The van der Waals surface area contributed by atoms with Crippen LogP contribution in [0.5, 0.6) is 5.75 Å². The molecule has 3 aliphatic rings. The van der Waals surface area contributed by atoms with E-state index >= 15 is 0 Å². The molecule has 5 nitrogen and oxygen atoms in total. The summed E-state index contributed by atoms with van der Waals surface area (Å²) in [5, 5.41) is 0. The summed E-state index contributed by atoms with van der Waals surface area (Å²) >= 11 is 0. The molecule has 0 aromatic heterocycles. The highest BCUT2D eigenvalue weighted by molar-refractivity contribution is 6.11. The van der Waals surface area contributed by atoms with E-state index in [-0.39, 0.29) is 29.5 Å². The third kappa shape index (κ3) is 2.53. The van der Waals surface area contributed by atoms with Crippen LogP contribution in [0.1, 0.15) is 44.2 Å². The third-order valence-corrected chi connectivity index (χ3v) is 5.48. The Morgan fingerprint density at radius 3 is 2.84 bits per heavy atom. The minimum atomic E-state index is -0.390. The maximum Gasteiger partial charge on any atom is 0.289 e. The number of hydrogen-bond donors (Lipinski definition) is 0. The molecule has 1 aliphatic carbocycles. The molecule has 0 saturated heterocycles. The van der Waals surface area contributed by atoms with E-state index < -0.39 is 6.04 Å². The first-order valence-corrected chi connectivity index (χ1v) is 9.06. The van der Waals surface area contributed by atoms with Gasteiger partial charge in [0, 0.05) is 7.05 Å². The lowest BCUT2D eigenvalue weighted by Gasteiger charge is -2.35. The fourth-order valence-electron chi connectivity index (χ4n) is 4.29. The van der Waals surface area contributed by atoms with Crippen LogP contribution < -0.4 is 4.74 Å². The number of amides is 1. The lowest BCUT2D eigenvalue weighted by molar-refractivity contribution is -0.134. The molecule has 5 heteroatoms. The maximum absolute atomic E-state index is 13.2. The van der Waals surface area contributed by atoms with Gasteiger partial charge < -0.3 is 14.4 Å². The van der Waals surface area contributed by atoms with E-state index in [0.717, 1.165) is 37.0 Å². The molecule has 0 bridgehead atoms. The van der Waals surface area contributed by atoms with Crippen LogP contribution in [0.3, 0.4) is 0 Å². The van der Waals surface area contributed by atoms with Gasteiger partial charge in [-0.2, -0.15) is 0 Å². The molecule has 0 spiro atoms. The van der Waals surface area contributed by atoms with Gasteiger partial charge in [0.15, 0.2) is 11.5 Å². The minimum absolute atomic E-state index is 0.0930. The molecule has 1 saturated carbocycles. The summed E-state index contributed by atoms with van der Waals surface area (Å²) < 4.78 is 11.6.